The van der Waals surface area contributed by atoms with Crippen LogP contribution >= 0.6 is 0 Å². The van der Waals surface area contributed by atoms with E-state index in [-0.39, 0.29) is 5.56 Å². The highest BCUT2D eigenvalue weighted by Crippen LogP contribution is 2.05. The van der Waals surface area contributed by atoms with Crippen LogP contribution in [-0.2, 0) is 4.74 Å². The maximum Gasteiger partial charge on any atom is 0.342 e. The molecule has 0 atom stereocenters. The Morgan fingerprint density at radius 3 is 2.80 bits per heavy atom. The lowest BCUT2D eigenvalue weighted by molar-refractivity contribution is 0.0596. The Kier molecular flexibility index (Phi) is 1.71. The first-order valence-electron chi connectivity index (χ1n) is 2.66. The van der Waals surface area contributed by atoms with Crippen molar-refractivity contribution in [2.45, 2.75) is 0 Å². The molecule has 0 saturated carbocycles. The summed E-state index contributed by atoms with van der Waals surface area (Å²) >= 11 is 0. The number of esters is 1. The largest absolute Gasteiger partial charge is 0.465 e. The third kappa shape index (κ3) is 1.00. The van der Waals surface area contributed by atoms with Crippen molar-refractivity contribution >= 4 is 5.97 Å². The number of aromatic amines is 1. The van der Waals surface area contributed by atoms with E-state index >= 15 is 0 Å². The summed E-state index contributed by atoms with van der Waals surface area (Å²) in [6.45, 7) is 0. The van der Waals surface area contributed by atoms with Crippen LogP contribution in [0.3, 0.4) is 0 Å². The Morgan fingerprint density at radius 1 is 1.70 bits per heavy atom. The smallest absolute Gasteiger partial charge is 0.342 e. The summed E-state index contributed by atoms with van der Waals surface area (Å²) in [6.07, 6.45) is 2.34. The van der Waals surface area contributed by atoms with E-state index in [1.807, 2.05) is 0 Å². The molecule has 0 aliphatic carbocycles. The summed E-state index contributed by atoms with van der Waals surface area (Å²) < 4.78 is 16.7. The van der Waals surface area contributed by atoms with E-state index in [0.717, 1.165) is 6.20 Å². The van der Waals surface area contributed by atoms with Gasteiger partial charge in [-0.15, -0.1) is 0 Å². The molecule has 0 aromatic carbocycles. The fourth-order valence-corrected chi connectivity index (χ4v) is 0.611. The molecule has 54 valence electrons. The number of hydrogen-bond acceptors (Lipinski definition) is 2. The van der Waals surface area contributed by atoms with Gasteiger partial charge in [0.2, 0.25) is 0 Å². The first-order chi connectivity index (χ1) is 4.75. The highest BCUT2D eigenvalue weighted by atomic mass is 19.1. The van der Waals surface area contributed by atoms with E-state index in [4.69, 9.17) is 0 Å². The fourth-order valence-electron chi connectivity index (χ4n) is 0.611. The van der Waals surface area contributed by atoms with Gasteiger partial charge in [0, 0.05) is 12.4 Å². The molecule has 0 fully saturated rings. The van der Waals surface area contributed by atoms with Gasteiger partial charge in [-0.3, -0.25) is 0 Å². The van der Waals surface area contributed by atoms with Crippen LogP contribution in [0.4, 0.5) is 4.39 Å². The molecule has 4 heteroatoms. The lowest BCUT2D eigenvalue weighted by Crippen LogP contribution is -2.00. The zero-order valence-electron chi connectivity index (χ0n) is 5.35. The van der Waals surface area contributed by atoms with Crippen molar-refractivity contribution in [3.8, 4) is 0 Å². The van der Waals surface area contributed by atoms with Crippen molar-refractivity contribution in [2.24, 2.45) is 0 Å². The van der Waals surface area contributed by atoms with Crippen molar-refractivity contribution < 1.29 is 13.9 Å². The third-order valence-electron chi connectivity index (χ3n) is 1.10. The van der Waals surface area contributed by atoms with Gasteiger partial charge in [-0.25, -0.2) is 9.18 Å². The minimum absolute atomic E-state index is 0.0671. The number of hydrogen-bond donors (Lipinski definition) is 1. The highest BCUT2D eigenvalue weighted by Gasteiger charge is 2.11. The molecule has 1 N–H and O–H groups in total. The predicted molar refractivity (Wildman–Crippen MR) is 32.1 cm³/mol. The van der Waals surface area contributed by atoms with Crippen LogP contribution in [0.2, 0.25) is 0 Å². The number of halogens is 1. The Labute approximate surface area is 56.8 Å². The number of methoxy groups -OCH3 is 1. The quantitative estimate of drug-likeness (QED) is 0.594. The number of ether oxygens (including phenoxy) is 1. The van der Waals surface area contributed by atoms with Crippen LogP contribution in [-0.4, -0.2) is 18.1 Å². The van der Waals surface area contributed by atoms with Crippen LogP contribution in [0, 0.1) is 5.82 Å². The number of nitrogens with one attached hydrogen (secondary N) is 1. The molecular formula is C6H6FNO2. The standard InChI is InChI=1S/C6H6FNO2/c1-10-6(9)4-2-8-3-5(4)7/h2-3,8H,1H3. The van der Waals surface area contributed by atoms with Gasteiger partial charge < -0.3 is 9.72 Å². The lowest BCUT2D eigenvalue weighted by atomic mass is 10.3. The average Bonchev–Trinajstić information content (AvgIpc) is 2.34. The van der Waals surface area contributed by atoms with Gasteiger partial charge in [0.1, 0.15) is 5.56 Å². The lowest BCUT2D eigenvalue weighted by Gasteiger charge is -1.92. The summed E-state index contributed by atoms with van der Waals surface area (Å²) in [5.41, 5.74) is -0.0671. The molecule has 0 aliphatic heterocycles. The molecule has 0 bridgehead atoms. The number of aromatic nitrogens is 1. The Balaban J connectivity index is 2.93. The molecule has 1 aromatic rings. The molecule has 0 aliphatic rings. The summed E-state index contributed by atoms with van der Waals surface area (Å²) in [5, 5.41) is 0. The van der Waals surface area contributed by atoms with E-state index in [1.165, 1.54) is 13.3 Å². The third-order valence-corrected chi connectivity index (χ3v) is 1.10. The average molecular weight is 143 g/mol. The van der Waals surface area contributed by atoms with Gasteiger partial charge in [0.15, 0.2) is 5.82 Å². The molecule has 0 unspecified atom stereocenters. The topological polar surface area (TPSA) is 42.1 Å². The second-order valence-corrected chi connectivity index (χ2v) is 1.71. The van der Waals surface area contributed by atoms with Crippen LogP contribution < -0.4 is 0 Å². The van der Waals surface area contributed by atoms with Gasteiger partial charge >= 0.3 is 5.97 Å². The van der Waals surface area contributed by atoms with E-state index in [2.05, 4.69) is 9.72 Å². The maximum absolute atomic E-state index is 12.5. The van der Waals surface area contributed by atoms with Crippen molar-refractivity contribution in [1.82, 2.24) is 4.98 Å². The second-order valence-electron chi connectivity index (χ2n) is 1.71. The molecule has 0 saturated heterocycles. The van der Waals surface area contributed by atoms with Crippen LogP contribution in [0.15, 0.2) is 12.4 Å². The maximum atomic E-state index is 12.5. The van der Waals surface area contributed by atoms with E-state index in [0.29, 0.717) is 0 Å². The van der Waals surface area contributed by atoms with Gasteiger partial charge in [0.05, 0.1) is 7.11 Å². The van der Waals surface area contributed by atoms with E-state index in [1.54, 1.807) is 0 Å². The molecule has 1 heterocycles. The molecule has 1 aromatic heterocycles. The molecular weight excluding hydrogens is 137 g/mol. The first kappa shape index (κ1) is 6.80. The van der Waals surface area contributed by atoms with Gasteiger partial charge in [-0.05, 0) is 0 Å². The minimum atomic E-state index is -0.668. The molecule has 0 spiro atoms. The van der Waals surface area contributed by atoms with E-state index < -0.39 is 11.8 Å². The zero-order valence-corrected chi connectivity index (χ0v) is 5.35. The SMILES string of the molecule is COC(=O)c1c[nH]cc1F. The predicted octanol–water partition coefficient (Wildman–Crippen LogP) is 0.940. The van der Waals surface area contributed by atoms with Crippen molar-refractivity contribution in [3.63, 3.8) is 0 Å². The zero-order chi connectivity index (χ0) is 7.56. The Morgan fingerprint density at radius 2 is 2.40 bits per heavy atom. The van der Waals surface area contributed by atoms with Crippen molar-refractivity contribution in [1.29, 1.82) is 0 Å². The minimum Gasteiger partial charge on any atom is -0.465 e. The van der Waals surface area contributed by atoms with Crippen molar-refractivity contribution in [3.05, 3.63) is 23.8 Å². The molecule has 1 rings (SSSR count). The molecule has 0 amide bonds. The van der Waals surface area contributed by atoms with Crippen LogP contribution in [0.5, 0.6) is 0 Å². The van der Waals surface area contributed by atoms with Crippen molar-refractivity contribution in [2.75, 3.05) is 7.11 Å². The molecule has 0 radical (unpaired) electrons. The number of rotatable bonds is 1. The summed E-state index contributed by atoms with van der Waals surface area (Å²) in [7, 11) is 1.20. The monoisotopic (exact) mass is 143 g/mol. The molecule has 10 heavy (non-hydrogen) atoms. The second kappa shape index (κ2) is 2.51. The number of H-pyrrole nitrogens is 1. The highest BCUT2D eigenvalue weighted by molar-refractivity contribution is 5.89. The fraction of sp³-hybridized carbons (Fsp3) is 0.167. The van der Waals surface area contributed by atoms with Crippen LogP contribution in [0.1, 0.15) is 10.4 Å². The summed E-state index contributed by atoms with van der Waals surface area (Å²) in [5.74, 6) is -1.26. The van der Waals surface area contributed by atoms with Gasteiger partial charge in [-0.2, -0.15) is 0 Å². The van der Waals surface area contributed by atoms with E-state index in [9.17, 15) is 9.18 Å². The first-order valence-corrected chi connectivity index (χ1v) is 2.66. The summed E-state index contributed by atoms with van der Waals surface area (Å²) in [4.78, 5) is 13.1. The molecule has 3 nitrogen and oxygen atoms in total. The number of carbonyl (C=O) groups excluding carboxylic acids is 1. The Bertz CT molecular complexity index is 244. The van der Waals surface area contributed by atoms with Crippen LogP contribution in [0.25, 0.3) is 0 Å². The normalized spacial score (nSPS) is 9.40. The Hall–Kier alpha value is -1.32. The number of carbonyl (C=O) groups is 1. The van der Waals surface area contributed by atoms with Gasteiger partial charge in [-0.1, -0.05) is 0 Å². The summed E-state index contributed by atoms with van der Waals surface area (Å²) in [6, 6.07) is 0. The van der Waals surface area contributed by atoms with Gasteiger partial charge in [0.25, 0.3) is 0 Å².